The molecule has 1 aromatic carbocycles. The second-order valence-electron chi connectivity index (χ2n) is 10.4. The van der Waals surface area contributed by atoms with Crippen LogP contribution in [0.4, 0.5) is 14.9 Å². The number of urea groups is 1. The average Bonchev–Trinajstić information content (AvgIpc) is 3.73. The van der Waals surface area contributed by atoms with Crippen molar-refractivity contribution in [1.29, 1.82) is 0 Å². The summed E-state index contributed by atoms with van der Waals surface area (Å²) in [5.41, 5.74) is 4.69. The molecule has 0 bridgehead atoms. The standard InChI is InChI=1S/C29H30ClFIN5O4/c1-41-23-16-37(28(33)40)29(26(23)32,24-12-9-19(30)15-34-24)27(39)35-21-14-18(8-10-20(21)31)22(11-7-17-5-6-17)36-13-3-2-4-25(36)38/h2-4,8-10,12-15,17,22-23,26H,5-7,11,16H2,1H3,(H2,33,40)(H,35,39). The van der Waals surface area contributed by atoms with E-state index in [0.29, 0.717) is 22.9 Å². The molecule has 3 heterocycles. The van der Waals surface area contributed by atoms with Crippen LogP contribution < -0.4 is 16.6 Å². The van der Waals surface area contributed by atoms with Crippen molar-refractivity contribution in [2.24, 2.45) is 11.7 Å². The van der Waals surface area contributed by atoms with E-state index in [2.05, 4.69) is 10.3 Å². The second kappa shape index (κ2) is 12.1. The smallest absolute Gasteiger partial charge is 0.316 e. The fraction of sp³-hybridized carbons (Fsp3) is 0.379. The molecule has 3 amide bonds. The van der Waals surface area contributed by atoms with Crippen LogP contribution in [0.5, 0.6) is 0 Å². The molecule has 1 saturated carbocycles. The van der Waals surface area contributed by atoms with Gasteiger partial charge in [-0.15, -0.1) is 0 Å². The van der Waals surface area contributed by atoms with Gasteiger partial charge in [-0.05, 0) is 54.7 Å². The van der Waals surface area contributed by atoms with E-state index < -0.39 is 33.3 Å². The summed E-state index contributed by atoms with van der Waals surface area (Å²) in [6.07, 6.45) is 6.48. The van der Waals surface area contributed by atoms with E-state index in [0.717, 1.165) is 19.3 Å². The van der Waals surface area contributed by atoms with E-state index in [9.17, 15) is 14.4 Å². The summed E-state index contributed by atoms with van der Waals surface area (Å²) in [7, 11) is 1.48. The van der Waals surface area contributed by atoms with E-state index >= 15 is 4.39 Å². The number of hydrogen-bond donors (Lipinski definition) is 2. The number of carbonyl (C=O) groups is 2. The van der Waals surface area contributed by atoms with Gasteiger partial charge in [0.05, 0.1) is 39.0 Å². The van der Waals surface area contributed by atoms with Crippen molar-refractivity contribution in [3.63, 3.8) is 0 Å². The molecular weight excluding hydrogens is 664 g/mol. The first kappa shape index (κ1) is 29.5. The van der Waals surface area contributed by atoms with Gasteiger partial charge in [-0.3, -0.25) is 14.6 Å². The molecule has 2 aliphatic rings. The lowest BCUT2D eigenvalue weighted by molar-refractivity contribution is -0.125. The number of nitrogens with zero attached hydrogens (tertiary/aromatic N) is 3. The van der Waals surface area contributed by atoms with Crippen molar-refractivity contribution in [3.8, 4) is 0 Å². The predicted molar refractivity (Wildman–Crippen MR) is 162 cm³/mol. The number of halogens is 3. The highest BCUT2D eigenvalue weighted by molar-refractivity contribution is 14.1. The molecule has 0 spiro atoms. The number of methoxy groups -OCH3 is 1. The van der Waals surface area contributed by atoms with Crippen molar-refractivity contribution in [1.82, 2.24) is 14.5 Å². The first-order valence-electron chi connectivity index (χ1n) is 13.3. The van der Waals surface area contributed by atoms with Crippen LogP contribution in [0.3, 0.4) is 0 Å². The number of aromatic nitrogens is 2. The topological polar surface area (TPSA) is 120 Å². The summed E-state index contributed by atoms with van der Waals surface area (Å²) >= 11 is 8.12. The van der Waals surface area contributed by atoms with Gasteiger partial charge in [-0.2, -0.15) is 0 Å². The number of primary amides is 1. The summed E-state index contributed by atoms with van der Waals surface area (Å²) < 4.78 is 21.9. The molecule has 0 radical (unpaired) electrons. The Morgan fingerprint density at radius 2 is 2.05 bits per heavy atom. The minimum atomic E-state index is -1.72. The molecule has 1 aliphatic carbocycles. The molecule has 4 unspecified atom stereocenters. The van der Waals surface area contributed by atoms with Crippen LogP contribution in [0.1, 0.15) is 43.0 Å². The normalized spacial score (nSPS) is 22.9. The maximum atomic E-state index is 15.3. The molecule has 2 fully saturated rings. The number of carbonyl (C=O) groups excluding carboxylic acids is 2. The van der Waals surface area contributed by atoms with Crippen LogP contribution >= 0.6 is 34.2 Å². The molecular formula is C29H30ClFIN5O4. The van der Waals surface area contributed by atoms with Crippen LogP contribution in [0.2, 0.25) is 5.02 Å². The Morgan fingerprint density at radius 3 is 2.68 bits per heavy atom. The highest BCUT2D eigenvalue weighted by atomic mass is 127. The number of pyridine rings is 2. The molecule has 1 saturated heterocycles. The average molecular weight is 694 g/mol. The van der Waals surface area contributed by atoms with Crippen molar-refractivity contribution in [2.45, 2.75) is 47.3 Å². The van der Waals surface area contributed by atoms with Gasteiger partial charge in [0, 0.05) is 25.6 Å². The Hall–Kier alpha value is -3.03. The van der Waals surface area contributed by atoms with E-state index in [1.165, 1.54) is 30.3 Å². The van der Waals surface area contributed by atoms with Gasteiger partial charge < -0.3 is 25.3 Å². The van der Waals surface area contributed by atoms with E-state index in [4.69, 9.17) is 22.1 Å². The highest BCUT2D eigenvalue weighted by Crippen LogP contribution is 2.45. The van der Waals surface area contributed by atoms with Gasteiger partial charge in [0.1, 0.15) is 5.82 Å². The third-order valence-corrected chi connectivity index (χ3v) is 9.83. The molecule has 216 valence electrons. The van der Waals surface area contributed by atoms with Gasteiger partial charge in [0.2, 0.25) is 0 Å². The number of benzene rings is 1. The predicted octanol–water partition coefficient (Wildman–Crippen LogP) is 4.86. The maximum absolute atomic E-state index is 15.3. The van der Waals surface area contributed by atoms with Crippen LogP contribution in [0, 0.1) is 11.7 Å². The SMILES string of the molecule is COC1CN(C(N)=O)C(C(=O)Nc2cc(C(CCC3CC3)n3ccccc3=O)ccc2F)(c2ccc(Cl)cn2)C1I. The van der Waals surface area contributed by atoms with Gasteiger partial charge in [0.15, 0.2) is 5.54 Å². The van der Waals surface area contributed by atoms with Crippen LogP contribution in [0.15, 0.2) is 65.7 Å². The minimum absolute atomic E-state index is 0.0276. The number of anilines is 1. The molecule has 4 atom stereocenters. The van der Waals surface area contributed by atoms with Crippen molar-refractivity contribution >= 4 is 51.8 Å². The zero-order chi connectivity index (χ0) is 29.3. The Kier molecular flexibility index (Phi) is 8.67. The molecule has 5 rings (SSSR count). The summed E-state index contributed by atoms with van der Waals surface area (Å²) in [6.45, 7) is 0.0276. The van der Waals surface area contributed by atoms with Crippen LogP contribution in [-0.2, 0) is 15.1 Å². The van der Waals surface area contributed by atoms with Gasteiger partial charge in [0.25, 0.3) is 11.5 Å². The van der Waals surface area contributed by atoms with E-state index in [-0.39, 0.29) is 29.5 Å². The van der Waals surface area contributed by atoms with E-state index in [1.807, 2.05) is 22.6 Å². The third-order valence-electron chi connectivity index (χ3n) is 7.90. The Morgan fingerprint density at radius 1 is 1.27 bits per heavy atom. The zero-order valence-corrected chi connectivity index (χ0v) is 25.2. The quantitative estimate of drug-likeness (QED) is 0.245. The summed E-state index contributed by atoms with van der Waals surface area (Å²) in [6, 6.07) is 11.3. The largest absolute Gasteiger partial charge is 0.378 e. The highest BCUT2D eigenvalue weighted by Gasteiger charge is 2.61. The minimum Gasteiger partial charge on any atom is -0.378 e. The lowest BCUT2D eigenvalue weighted by Crippen LogP contribution is -2.58. The summed E-state index contributed by atoms with van der Waals surface area (Å²) in [5.74, 6) is -0.744. The number of likely N-dealkylation sites (tertiary alicyclic amines) is 1. The molecule has 12 heteroatoms. The van der Waals surface area contributed by atoms with E-state index in [1.54, 1.807) is 47.2 Å². The molecule has 2 aromatic heterocycles. The number of nitrogens with one attached hydrogen (secondary N) is 1. The summed E-state index contributed by atoms with van der Waals surface area (Å²) in [5, 5.41) is 3.06. The number of nitrogens with two attached hydrogens (primary N) is 1. The fourth-order valence-corrected chi connectivity index (χ4v) is 7.14. The zero-order valence-electron chi connectivity index (χ0n) is 22.3. The molecule has 9 nitrogen and oxygen atoms in total. The van der Waals surface area contributed by atoms with Gasteiger partial charge >= 0.3 is 6.03 Å². The first-order valence-corrected chi connectivity index (χ1v) is 14.9. The lowest BCUT2D eigenvalue weighted by Gasteiger charge is -2.37. The second-order valence-corrected chi connectivity index (χ2v) is 12.2. The maximum Gasteiger partial charge on any atom is 0.316 e. The number of rotatable bonds is 9. The summed E-state index contributed by atoms with van der Waals surface area (Å²) in [4.78, 5) is 45.3. The number of amides is 3. The van der Waals surface area contributed by atoms with Crippen molar-refractivity contribution < 1.29 is 18.7 Å². The Labute approximate surface area is 255 Å². The van der Waals surface area contributed by atoms with Crippen LogP contribution in [0.25, 0.3) is 0 Å². The Balaban J connectivity index is 1.56. The van der Waals surface area contributed by atoms with Crippen molar-refractivity contribution in [2.75, 3.05) is 19.0 Å². The number of hydrogen-bond acceptors (Lipinski definition) is 5. The monoisotopic (exact) mass is 693 g/mol. The lowest BCUT2D eigenvalue weighted by atomic mass is 9.89. The van der Waals surface area contributed by atoms with Crippen LogP contribution in [-0.4, -0.2) is 50.1 Å². The first-order chi connectivity index (χ1) is 19.7. The fourth-order valence-electron chi connectivity index (χ4n) is 5.56. The Bertz CT molecular complexity index is 1500. The van der Waals surface area contributed by atoms with Gasteiger partial charge in [-0.25, -0.2) is 9.18 Å². The number of alkyl halides is 1. The molecule has 3 aromatic rings. The van der Waals surface area contributed by atoms with Gasteiger partial charge in [-0.1, -0.05) is 59.2 Å². The number of ether oxygens (including phenoxy) is 1. The van der Waals surface area contributed by atoms with Crippen molar-refractivity contribution in [3.05, 3.63) is 93.4 Å². The molecule has 3 N–H and O–H groups in total. The molecule has 1 aliphatic heterocycles. The third kappa shape index (κ3) is 5.71. The molecule has 41 heavy (non-hydrogen) atoms.